The molecule has 0 aromatic heterocycles. The van der Waals surface area contributed by atoms with Gasteiger partial charge in [0, 0.05) is 0 Å². The summed E-state index contributed by atoms with van der Waals surface area (Å²) >= 11 is 0. The van der Waals surface area contributed by atoms with E-state index in [0.29, 0.717) is 11.5 Å². The van der Waals surface area contributed by atoms with Gasteiger partial charge in [-0.3, -0.25) is 4.79 Å². The number of benzene rings is 3. The van der Waals surface area contributed by atoms with Crippen LogP contribution in [0.3, 0.4) is 0 Å². The predicted molar refractivity (Wildman–Crippen MR) is 113 cm³/mol. The van der Waals surface area contributed by atoms with Crippen LogP contribution in [0.4, 0.5) is 0 Å². The summed E-state index contributed by atoms with van der Waals surface area (Å²) < 4.78 is 10.7. The molecule has 0 saturated carbocycles. The van der Waals surface area contributed by atoms with Gasteiger partial charge in [0.25, 0.3) is 0 Å². The Bertz CT molecular complexity index is 981. The van der Waals surface area contributed by atoms with Crippen LogP contribution in [0.5, 0.6) is 11.5 Å². The molecule has 0 fully saturated rings. The van der Waals surface area contributed by atoms with Crippen molar-refractivity contribution in [3.05, 3.63) is 102 Å². The van der Waals surface area contributed by atoms with Crippen LogP contribution < -0.4 is 9.47 Å². The lowest BCUT2D eigenvalue weighted by atomic mass is 9.87. The lowest BCUT2D eigenvalue weighted by molar-refractivity contribution is -0.115. The van der Waals surface area contributed by atoms with E-state index in [1.807, 2.05) is 72.8 Å². The van der Waals surface area contributed by atoms with Gasteiger partial charge in [-0.05, 0) is 34.9 Å². The van der Waals surface area contributed by atoms with E-state index < -0.39 is 0 Å². The fourth-order valence-corrected chi connectivity index (χ4v) is 3.10. The number of carbonyl (C=O) groups excluding carboxylic acids is 1. The summed E-state index contributed by atoms with van der Waals surface area (Å²) in [4.78, 5) is 13.1. The molecule has 0 amide bonds. The van der Waals surface area contributed by atoms with E-state index in [-0.39, 0.29) is 18.3 Å². The van der Waals surface area contributed by atoms with Crippen LogP contribution in [0.15, 0.2) is 84.9 Å². The van der Waals surface area contributed by atoms with Gasteiger partial charge in [-0.15, -0.1) is 0 Å². The molecule has 0 saturated heterocycles. The molecule has 0 atom stereocenters. The van der Waals surface area contributed by atoms with E-state index in [2.05, 4.69) is 0 Å². The van der Waals surface area contributed by atoms with Crippen LogP contribution in [0.2, 0.25) is 0 Å². The molecule has 3 aromatic carbocycles. The van der Waals surface area contributed by atoms with Crippen molar-refractivity contribution in [3.63, 3.8) is 0 Å². The quantitative estimate of drug-likeness (QED) is 0.513. The van der Waals surface area contributed by atoms with E-state index in [4.69, 9.17) is 14.7 Å². The van der Waals surface area contributed by atoms with Crippen molar-refractivity contribution >= 4 is 11.9 Å². The van der Waals surface area contributed by atoms with Crippen molar-refractivity contribution in [2.24, 2.45) is 0 Å². The minimum atomic E-state index is -0.367. The molecule has 4 nitrogen and oxygen atoms in total. The van der Waals surface area contributed by atoms with Crippen LogP contribution >= 0.6 is 0 Å². The van der Waals surface area contributed by atoms with Crippen molar-refractivity contribution in [2.75, 3.05) is 13.7 Å². The monoisotopic (exact) mass is 383 g/mol. The average molecular weight is 383 g/mol. The highest BCUT2D eigenvalue weighted by Gasteiger charge is 2.20. The van der Waals surface area contributed by atoms with E-state index in [9.17, 15) is 4.79 Å². The summed E-state index contributed by atoms with van der Waals surface area (Å²) in [7, 11) is 1.54. The molecule has 0 unspecified atom stereocenters. The van der Waals surface area contributed by atoms with Crippen molar-refractivity contribution in [2.45, 2.75) is 5.92 Å². The maximum Gasteiger partial charge on any atom is 0.174 e. The van der Waals surface area contributed by atoms with Gasteiger partial charge in [-0.2, -0.15) is 5.26 Å². The Kier molecular flexibility index (Phi) is 6.80. The first-order chi connectivity index (χ1) is 14.2. The molecule has 0 spiro atoms. The summed E-state index contributed by atoms with van der Waals surface area (Å²) in [5.74, 6) is 0.626. The number of hydrogen-bond acceptors (Lipinski definition) is 4. The number of nitriles is 1. The average Bonchev–Trinajstić information content (AvgIpc) is 2.78. The summed E-state index contributed by atoms with van der Waals surface area (Å²) in [5.41, 5.74) is 2.71. The Labute approximate surface area is 170 Å². The second-order valence-corrected chi connectivity index (χ2v) is 6.35. The third-order valence-corrected chi connectivity index (χ3v) is 4.47. The number of ether oxygens (including phenoxy) is 2. The third-order valence-electron chi connectivity index (χ3n) is 4.47. The van der Waals surface area contributed by atoms with Crippen LogP contribution in [-0.4, -0.2) is 19.5 Å². The Morgan fingerprint density at radius 2 is 1.59 bits per heavy atom. The molecular weight excluding hydrogens is 362 g/mol. The van der Waals surface area contributed by atoms with E-state index >= 15 is 0 Å². The van der Waals surface area contributed by atoms with E-state index in [1.54, 1.807) is 24.3 Å². The number of allylic oxidation sites excluding steroid dienone is 1. The number of ketones is 1. The number of carbonyl (C=O) groups is 1. The molecule has 3 aromatic rings. The van der Waals surface area contributed by atoms with Gasteiger partial charge >= 0.3 is 0 Å². The molecule has 0 radical (unpaired) electrons. The molecular formula is C25H21NO3. The Morgan fingerprint density at radius 3 is 2.14 bits per heavy atom. The smallest absolute Gasteiger partial charge is 0.174 e. The van der Waals surface area contributed by atoms with Gasteiger partial charge in [0.2, 0.25) is 0 Å². The zero-order valence-electron chi connectivity index (χ0n) is 16.1. The third kappa shape index (κ3) is 5.12. The van der Waals surface area contributed by atoms with Crippen molar-refractivity contribution in [3.8, 4) is 17.6 Å². The number of methoxy groups -OCH3 is 1. The summed E-state index contributed by atoms with van der Waals surface area (Å²) in [6.07, 6.45) is 3.35. The van der Waals surface area contributed by atoms with Gasteiger partial charge < -0.3 is 9.47 Å². The summed E-state index contributed by atoms with van der Waals surface area (Å²) in [6, 6.07) is 26.7. The molecule has 0 N–H and O–H groups in total. The zero-order chi connectivity index (χ0) is 20.5. The van der Waals surface area contributed by atoms with Crippen molar-refractivity contribution < 1.29 is 14.3 Å². The first-order valence-electron chi connectivity index (χ1n) is 9.22. The highest BCUT2D eigenvalue weighted by atomic mass is 16.5. The second kappa shape index (κ2) is 9.91. The van der Waals surface area contributed by atoms with E-state index in [0.717, 1.165) is 16.7 Å². The maximum atomic E-state index is 13.1. The molecule has 29 heavy (non-hydrogen) atoms. The van der Waals surface area contributed by atoms with Crippen LogP contribution in [-0.2, 0) is 4.79 Å². The SMILES string of the molecule is COc1cc(/C=C/C(=O)C(c2ccccc2)c2ccccc2)ccc1OCC#N. The topological polar surface area (TPSA) is 59.3 Å². The first kappa shape index (κ1) is 19.9. The molecule has 0 aliphatic heterocycles. The summed E-state index contributed by atoms with van der Waals surface area (Å²) in [5, 5.41) is 8.67. The molecule has 4 heteroatoms. The minimum Gasteiger partial charge on any atom is -0.493 e. The fourth-order valence-electron chi connectivity index (χ4n) is 3.10. The second-order valence-electron chi connectivity index (χ2n) is 6.35. The number of rotatable bonds is 8. The van der Waals surface area contributed by atoms with Crippen LogP contribution in [0.1, 0.15) is 22.6 Å². The van der Waals surface area contributed by atoms with Gasteiger partial charge in [0.15, 0.2) is 23.9 Å². The van der Waals surface area contributed by atoms with Crippen LogP contribution in [0.25, 0.3) is 6.08 Å². The van der Waals surface area contributed by atoms with E-state index in [1.165, 1.54) is 7.11 Å². The fraction of sp³-hybridized carbons (Fsp3) is 0.120. The van der Waals surface area contributed by atoms with Crippen molar-refractivity contribution in [1.82, 2.24) is 0 Å². The zero-order valence-corrected chi connectivity index (χ0v) is 16.1. The molecule has 0 bridgehead atoms. The standard InChI is InChI=1S/C25H21NO3/c1-28-24-18-19(13-15-23(24)29-17-16-26)12-14-22(27)25(20-8-4-2-5-9-20)21-10-6-3-7-11-21/h2-15,18,25H,17H2,1H3/b14-12+. The Balaban J connectivity index is 1.86. The van der Waals surface area contributed by atoms with Gasteiger partial charge in [-0.25, -0.2) is 0 Å². The van der Waals surface area contributed by atoms with Gasteiger partial charge in [0.1, 0.15) is 6.07 Å². The highest BCUT2D eigenvalue weighted by molar-refractivity contribution is 6.00. The first-order valence-corrected chi connectivity index (χ1v) is 9.22. The normalized spacial score (nSPS) is 10.7. The number of nitrogens with zero attached hydrogens (tertiary/aromatic N) is 1. The largest absolute Gasteiger partial charge is 0.493 e. The molecule has 0 heterocycles. The lowest BCUT2D eigenvalue weighted by Crippen LogP contribution is -2.11. The van der Waals surface area contributed by atoms with Gasteiger partial charge in [-0.1, -0.05) is 72.8 Å². The Morgan fingerprint density at radius 1 is 0.966 bits per heavy atom. The Hall–Kier alpha value is -3.84. The highest BCUT2D eigenvalue weighted by Crippen LogP contribution is 2.29. The molecule has 144 valence electrons. The van der Waals surface area contributed by atoms with Crippen molar-refractivity contribution in [1.29, 1.82) is 5.26 Å². The predicted octanol–water partition coefficient (Wildman–Crippen LogP) is 5.01. The lowest BCUT2D eigenvalue weighted by Gasteiger charge is -2.15. The maximum absolute atomic E-state index is 13.1. The molecule has 3 rings (SSSR count). The van der Waals surface area contributed by atoms with Crippen LogP contribution in [0, 0.1) is 11.3 Å². The summed E-state index contributed by atoms with van der Waals surface area (Å²) in [6.45, 7) is -0.0557. The minimum absolute atomic E-state index is 0.00817. The number of hydrogen-bond donors (Lipinski definition) is 0. The van der Waals surface area contributed by atoms with Gasteiger partial charge in [0.05, 0.1) is 13.0 Å². The molecule has 0 aliphatic rings. The molecule has 0 aliphatic carbocycles.